The van der Waals surface area contributed by atoms with Crippen LogP contribution in [0.25, 0.3) is 0 Å². The molecule has 0 saturated heterocycles. The largest absolute Gasteiger partial charge is 0.507 e. The predicted molar refractivity (Wildman–Crippen MR) is 39.0 cm³/mol. The van der Waals surface area contributed by atoms with Crippen LogP contribution in [0.3, 0.4) is 0 Å². The SMILES string of the molecule is C=C/C=C(/S)C(=C)O. The van der Waals surface area contributed by atoms with Crippen molar-refractivity contribution >= 4 is 12.6 Å². The first-order valence-electron chi connectivity index (χ1n) is 2.08. The Morgan fingerprint density at radius 2 is 2.12 bits per heavy atom. The molecule has 8 heavy (non-hydrogen) atoms. The molecule has 0 heterocycles. The van der Waals surface area contributed by atoms with E-state index in [2.05, 4.69) is 25.8 Å². The maximum Gasteiger partial charge on any atom is 0.121 e. The molecule has 0 aromatic rings. The molecule has 0 radical (unpaired) electrons. The van der Waals surface area contributed by atoms with Crippen molar-refractivity contribution < 1.29 is 5.11 Å². The minimum atomic E-state index is -0.0340. The van der Waals surface area contributed by atoms with Crippen LogP contribution in [0.5, 0.6) is 0 Å². The van der Waals surface area contributed by atoms with Crippen LogP contribution >= 0.6 is 12.6 Å². The maximum atomic E-state index is 8.57. The van der Waals surface area contributed by atoms with E-state index in [1.807, 2.05) is 0 Å². The summed E-state index contributed by atoms with van der Waals surface area (Å²) in [6, 6.07) is 0. The van der Waals surface area contributed by atoms with Crippen molar-refractivity contribution in [1.29, 1.82) is 0 Å². The molecule has 44 valence electrons. The van der Waals surface area contributed by atoms with Crippen molar-refractivity contribution in [3.8, 4) is 0 Å². The number of aliphatic hydroxyl groups is 1. The Balaban J connectivity index is 3.99. The van der Waals surface area contributed by atoms with Gasteiger partial charge < -0.3 is 5.11 Å². The van der Waals surface area contributed by atoms with Gasteiger partial charge in [0, 0.05) is 4.91 Å². The van der Waals surface area contributed by atoms with Gasteiger partial charge in [0.05, 0.1) is 0 Å². The van der Waals surface area contributed by atoms with E-state index in [9.17, 15) is 0 Å². The fourth-order valence-electron chi connectivity index (χ4n) is 0.208. The molecule has 0 aromatic heterocycles. The molecule has 1 nitrogen and oxygen atoms in total. The van der Waals surface area contributed by atoms with E-state index in [4.69, 9.17) is 5.11 Å². The average Bonchev–Trinajstić information content (AvgIpc) is 1.67. The summed E-state index contributed by atoms with van der Waals surface area (Å²) >= 11 is 3.85. The van der Waals surface area contributed by atoms with Gasteiger partial charge in [-0.3, -0.25) is 0 Å². The van der Waals surface area contributed by atoms with Crippen LogP contribution < -0.4 is 0 Å². The van der Waals surface area contributed by atoms with Crippen molar-refractivity contribution in [1.82, 2.24) is 0 Å². The second kappa shape index (κ2) is 3.38. The summed E-state index contributed by atoms with van der Waals surface area (Å²) in [7, 11) is 0. The molecule has 0 aliphatic carbocycles. The van der Waals surface area contributed by atoms with Crippen molar-refractivity contribution in [2.45, 2.75) is 0 Å². The number of allylic oxidation sites excluding steroid dienone is 2. The number of rotatable bonds is 2. The first-order valence-corrected chi connectivity index (χ1v) is 2.53. The molecule has 2 heteroatoms. The number of thiol groups is 1. The van der Waals surface area contributed by atoms with E-state index in [0.29, 0.717) is 4.91 Å². The van der Waals surface area contributed by atoms with Gasteiger partial charge in [0.15, 0.2) is 0 Å². The standard InChI is InChI=1S/C6H8OS/c1-3-4-6(8)5(2)7/h3-4,7-8H,1-2H2/b6-4+. The fraction of sp³-hybridized carbons (Fsp3) is 0. The quantitative estimate of drug-likeness (QED) is 0.331. The van der Waals surface area contributed by atoms with Crippen LogP contribution in [0.4, 0.5) is 0 Å². The zero-order chi connectivity index (χ0) is 6.57. The maximum absolute atomic E-state index is 8.57. The third-order valence-corrected chi connectivity index (χ3v) is 0.979. The Hall–Kier alpha value is -0.630. The number of hydrogen-bond donors (Lipinski definition) is 2. The van der Waals surface area contributed by atoms with Crippen LogP contribution in [0, 0.1) is 0 Å². The van der Waals surface area contributed by atoms with Crippen LogP contribution in [-0.2, 0) is 0 Å². The Morgan fingerprint density at radius 1 is 1.62 bits per heavy atom. The molecule has 0 spiro atoms. The van der Waals surface area contributed by atoms with Gasteiger partial charge in [-0.1, -0.05) is 19.2 Å². The van der Waals surface area contributed by atoms with E-state index in [0.717, 1.165) is 0 Å². The summed E-state index contributed by atoms with van der Waals surface area (Å²) in [4.78, 5) is 0.444. The molecule has 0 unspecified atom stereocenters. The molecule has 0 atom stereocenters. The molecule has 1 N–H and O–H groups in total. The van der Waals surface area contributed by atoms with Gasteiger partial charge in [0.1, 0.15) is 5.76 Å². The molecular formula is C6H8OS. The molecule has 0 aromatic carbocycles. The summed E-state index contributed by atoms with van der Waals surface area (Å²) in [5, 5.41) is 8.57. The second-order valence-electron chi connectivity index (χ2n) is 1.23. The Kier molecular flexibility index (Phi) is 3.12. The fourth-order valence-corrected chi connectivity index (χ4v) is 0.313. The molecule has 0 saturated carbocycles. The molecule has 0 aliphatic heterocycles. The lowest BCUT2D eigenvalue weighted by Gasteiger charge is -1.90. The van der Waals surface area contributed by atoms with Crippen molar-refractivity contribution in [3.05, 3.63) is 36.0 Å². The lowest BCUT2D eigenvalue weighted by molar-refractivity contribution is 0.433. The summed E-state index contributed by atoms with van der Waals surface area (Å²) in [5.41, 5.74) is 0. The van der Waals surface area contributed by atoms with Gasteiger partial charge in [-0.15, -0.1) is 12.6 Å². The van der Waals surface area contributed by atoms with Gasteiger partial charge in [-0.05, 0) is 6.08 Å². The highest BCUT2D eigenvalue weighted by Gasteiger charge is 1.87. The lowest BCUT2D eigenvalue weighted by atomic mass is 10.4. The first kappa shape index (κ1) is 7.37. The third kappa shape index (κ3) is 2.53. The minimum Gasteiger partial charge on any atom is -0.507 e. The van der Waals surface area contributed by atoms with Crippen LogP contribution in [0.2, 0.25) is 0 Å². The molecule has 0 amide bonds. The smallest absolute Gasteiger partial charge is 0.121 e. The van der Waals surface area contributed by atoms with E-state index in [-0.39, 0.29) is 5.76 Å². The molecule has 0 rings (SSSR count). The van der Waals surface area contributed by atoms with Crippen LogP contribution in [0.1, 0.15) is 0 Å². The van der Waals surface area contributed by atoms with E-state index in [1.165, 1.54) is 6.08 Å². The first-order chi connectivity index (χ1) is 3.68. The third-order valence-electron chi connectivity index (χ3n) is 0.571. The van der Waals surface area contributed by atoms with E-state index in [1.54, 1.807) is 6.08 Å². The Morgan fingerprint density at radius 3 is 2.25 bits per heavy atom. The lowest BCUT2D eigenvalue weighted by Crippen LogP contribution is -1.73. The second-order valence-corrected chi connectivity index (χ2v) is 1.72. The summed E-state index contributed by atoms with van der Waals surface area (Å²) < 4.78 is 0. The van der Waals surface area contributed by atoms with Crippen LogP contribution in [-0.4, -0.2) is 5.11 Å². The Labute approximate surface area is 54.4 Å². The zero-order valence-electron chi connectivity index (χ0n) is 4.46. The van der Waals surface area contributed by atoms with Crippen molar-refractivity contribution in [3.63, 3.8) is 0 Å². The summed E-state index contributed by atoms with van der Waals surface area (Å²) in [5.74, 6) is -0.0340. The van der Waals surface area contributed by atoms with Gasteiger partial charge >= 0.3 is 0 Å². The van der Waals surface area contributed by atoms with E-state index < -0.39 is 0 Å². The number of aliphatic hydroxyl groups excluding tert-OH is 1. The molecule has 0 aliphatic rings. The monoisotopic (exact) mass is 128 g/mol. The normalized spacial score (nSPS) is 10.9. The highest BCUT2D eigenvalue weighted by molar-refractivity contribution is 7.84. The van der Waals surface area contributed by atoms with Gasteiger partial charge in [-0.2, -0.15) is 0 Å². The van der Waals surface area contributed by atoms with Gasteiger partial charge in [-0.25, -0.2) is 0 Å². The summed E-state index contributed by atoms with van der Waals surface area (Å²) in [6.45, 7) is 6.64. The van der Waals surface area contributed by atoms with E-state index >= 15 is 0 Å². The topological polar surface area (TPSA) is 20.2 Å². The average molecular weight is 128 g/mol. The predicted octanol–water partition coefficient (Wildman–Crippen LogP) is 2.06. The zero-order valence-corrected chi connectivity index (χ0v) is 5.36. The minimum absolute atomic E-state index is 0.0340. The van der Waals surface area contributed by atoms with Crippen LogP contribution in [0.15, 0.2) is 36.0 Å². The number of hydrogen-bond acceptors (Lipinski definition) is 2. The molecular weight excluding hydrogens is 120 g/mol. The summed E-state index contributed by atoms with van der Waals surface area (Å²) in [6.07, 6.45) is 3.09. The molecule has 0 fully saturated rings. The van der Waals surface area contributed by atoms with Crippen molar-refractivity contribution in [2.24, 2.45) is 0 Å². The Bertz CT molecular complexity index is 135. The van der Waals surface area contributed by atoms with Crippen molar-refractivity contribution in [2.75, 3.05) is 0 Å². The van der Waals surface area contributed by atoms with Gasteiger partial charge in [0.25, 0.3) is 0 Å². The highest BCUT2D eigenvalue weighted by Crippen LogP contribution is 2.07. The molecule has 0 bridgehead atoms. The highest BCUT2D eigenvalue weighted by atomic mass is 32.1. The van der Waals surface area contributed by atoms with Gasteiger partial charge in [0.2, 0.25) is 0 Å².